The van der Waals surface area contributed by atoms with Crippen molar-refractivity contribution in [1.29, 1.82) is 0 Å². The minimum atomic E-state index is -4.75. The zero-order valence-electron chi connectivity index (χ0n) is 13.9. The van der Waals surface area contributed by atoms with Gasteiger partial charge in [-0.3, -0.25) is 4.79 Å². The molecule has 0 amide bonds. The Morgan fingerprint density at radius 1 is 1.19 bits per heavy atom. The Morgan fingerprint density at radius 2 is 1.89 bits per heavy atom. The molecule has 1 aromatic heterocycles. The minimum Gasteiger partial charge on any atom is -0.384 e. The van der Waals surface area contributed by atoms with Crippen molar-refractivity contribution in [1.82, 2.24) is 4.98 Å². The summed E-state index contributed by atoms with van der Waals surface area (Å²) in [5, 5.41) is 9.09. The molecule has 0 aliphatic carbocycles. The molecule has 2 heterocycles. The zero-order valence-corrected chi connectivity index (χ0v) is 13.9. The Balaban J connectivity index is 1.99. The van der Waals surface area contributed by atoms with Crippen molar-refractivity contribution in [2.75, 3.05) is 11.4 Å². The van der Waals surface area contributed by atoms with Gasteiger partial charge < -0.3 is 15.0 Å². The van der Waals surface area contributed by atoms with E-state index in [1.54, 1.807) is 4.90 Å². The number of H-pyrrole nitrogens is 1. The predicted molar refractivity (Wildman–Crippen MR) is 86.6 cm³/mol. The molecule has 0 saturated carbocycles. The standard InChI is InChI=1S/C17H16F6N2O2/c18-16(19,20)12-8-15(27)24-13-4-3-10(6-11(12)13)25-5-1-2-9(25)7-14(26)17(21,22)23/h3-4,6,8-9,14,26H,1-2,5,7H2,(H,24,27)/t9?,14-/m1/s1. The Morgan fingerprint density at radius 3 is 2.52 bits per heavy atom. The van der Waals surface area contributed by atoms with Crippen LogP contribution in [0.15, 0.2) is 29.1 Å². The molecular weight excluding hydrogens is 378 g/mol. The monoisotopic (exact) mass is 394 g/mol. The molecule has 1 saturated heterocycles. The summed E-state index contributed by atoms with van der Waals surface area (Å²) in [6.07, 6.45) is -11.6. The van der Waals surface area contributed by atoms with E-state index >= 15 is 0 Å². The fraction of sp³-hybridized carbons (Fsp3) is 0.471. The van der Waals surface area contributed by atoms with Gasteiger partial charge in [0, 0.05) is 41.7 Å². The first-order valence-corrected chi connectivity index (χ1v) is 8.22. The maximum atomic E-state index is 13.3. The number of benzene rings is 1. The molecule has 1 aromatic carbocycles. The lowest BCUT2D eigenvalue weighted by molar-refractivity contribution is -0.206. The van der Waals surface area contributed by atoms with E-state index in [9.17, 15) is 36.2 Å². The molecule has 0 bridgehead atoms. The second kappa shape index (κ2) is 6.74. The Labute approximate surface area is 149 Å². The van der Waals surface area contributed by atoms with Gasteiger partial charge in [0.25, 0.3) is 0 Å². The summed E-state index contributed by atoms with van der Waals surface area (Å²) in [5.41, 5.74) is -1.69. The van der Waals surface area contributed by atoms with E-state index in [1.165, 1.54) is 18.2 Å². The van der Waals surface area contributed by atoms with Crippen LogP contribution in [0.25, 0.3) is 10.9 Å². The third-order valence-electron chi connectivity index (χ3n) is 4.71. The van der Waals surface area contributed by atoms with E-state index in [2.05, 4.69) is 4.98 Å². The minimum absolute atomic E-state index is 0.00959. The van der Waals surface area contributed by atoms with Gasteiger partial charge >= 0.3 is 12.4 Å². The second-order valence-electron chi connectivity index (χ2n) is 6.56. The summed E-state index contributed by atoms with van der Waals surface area (Å²) in [7, 11) is 0. The number of rotatable bonds is 3. The number of hydrogen-bond donors (Lipinski definition) is 2. The van der Waals surface area contributed by atoms with Crippen molar-refractivity contribution in [3.8, 4) is 0 Å². The molecule has 148 valence electrons. The summed E-state index contributed by atoms with van der Waals surface area (Å²) in [5.74, 6) is 0. The van der Waals surface area contributed by atoms with Gasteiger partial charge in [0.15, 0.2) is 6.10 Å². The van der Waals surface area contributed by atoms with Gasteiger partial charge in [0.1, 0.15) is 0 Å². The van der Waals surface area contributed by atoms with Crippen molar-refractivity contribution in [2.45, 2.75) is 43.8 Å². The van der Waals surface area contributed by atoms with E-state index in [4.69, 9.17) is 0 Å². The number of aromatic amines is 1. The molecule has 1 aliphatic heterocycles. The molecule has 1 unspecified atom stereocenters. The number of fused-ring (bicyclic) bond motifs is 1. The first-order valence-electron chi connectivity index (χ1n) is 8.22. The number of anilines is 1. The maximum Gasteiger partial charge on any atom is 0.417 e. The van der Waals surface area contributed by atoms with Crippen LogP contribution in [0.4, 0.5) is 32.0 Å². The predicted octanol–water partition coefficient (Wildman–Crippen LogP) is 3.83. The topological polar surface area (TPSA) is 56.3 Å². The largest absolute Gasteiger partial charge is 0.417 e. The molecule has 0 radical (unpaired) electrons. The van der Waals surface area contributed by atoms with Gasteiger partial charge in [-0.15, -0.1) is 0 Å². The molecule has 27 heavy (non-hydrogen) atoms. The molecule has 0 spiro atoms. The lowest BCUT2D eigenvalue weighted by Gasteiger charge is -2.29. The number of alkyl halides is 6. The van der Waals surface area contributed by atoms with Gasteiger partial charge in [-0.1, -0.05) is 0 Å². The smallest absolute Gasteiger partial charge is 0.384 e. The number of aliphatic hydroxyl groups is 1. The highest BCUT2D eigenvalue weighted by atomic mass is 19.4. The third kappa shape index (κ3) is 4.05. The molecule has 10 heteroatoms. The average Bonchev–Trinajstić information content (AvgIpc) is 3.00. The van der Waals surface area contributed by atoms with E-state index in [0.29, 0.717) is 31.1 Å². The van der Waals surface area contributed by atoms with Gasteiger partial charge in [-0.25, -0.2) is 0 Å². The first kappa shape index (κ1) is 19.5. The number of aromatic nitrogens is 1. The molecule has 2 aromatic rings. The normalized spacial score (nSPS) is 19.7. The average molecular weight is 394 g/mol. The number of aliphatic hydroxyl groups excluding tert-OH is 1. The van der Waals surface area contributed by atoms with E-state index in [1.807, 2.05) is 0 Å². The first-order chi connectivity index (χ1) is 12.5. The van der Waals surface area contributed by atoms with Crippen LogP contribution in [0, 0.1) is 0 Å². The zero-order chi connectivity index (χ0) is 20.0. The van der Waals surface area contributed by atoms with Crippen molar-refractivity contribution in [3.63, 3.8) is 0 Å². The lowest BCUT2D eigenvalue weighted by Crippen LogP contribution is -2.38. The van der Waals surface area contributed by atoms with Crippen LogP contribution >= 0.6 is 0 Å². The number of nitrogens with one attached hydrogen (secondary N) is 1. The quantitative estimate of drug-likeness (QED) is 0.779. The van der Waals surface area contributed by atoms with Crippen molar-refractivity contribution in [3.05, 3.63) is 40.2 Å². The van der Waals surface area contributed by atoms with E-state index < -0.39 is 42.0 Å². The number of nitrogens with zero attached hydrogens (tertiary/aromatic N) is 1. The van der Waals surface area contributed by atoms with E-state index in [-0.39, 0.29) is 10.9 Å². The summed E-state index contributed by atoms with van der Waals surface area (Å²) in [4.78, 5) is 15.3. The van der Waals surface area contributed by atoms with Crippen LogP contribution in [0.3, 0.4) is 0 Å². The summed E-state index contributed by atoms with van der Waals surface area (Å²) < 4.78 is 77.7. The van der Waals surface area contributed by atoms with Gasteiger partial charge in [0.2, 0.25) is 5.56 Å². The van der Waals surface area contributed by atoms with Crippen LogP contribution in [0.2, 0.25) is 0 Å². The molecule has 1 aliphatic rings. The van der Waals surface area contributed by atoms with Crippen LogP contribution in [-0.4, -0.2) is 35.0 Å². The van der Waals surface area contributed by atoms with Crippen LogP contribution in [-0.2, 0) is 6.18 Å². The molecule has 3 rings (SSSR count). The fourth-order valence-corrected chi connectivity index (χ4v) is 3.47. The lowest BCUT2D eigenvalue weighted by atomic mass is 10.0. The fourth-order valence-electron chi connectivity index (χ4n) is 3.47. The SMILES string of the molecule is O=c1cc(C(F)(F)F)c2cc(N3CCCC3C[C@@H](O)C(F)(F)F)ccc2[nH]1. The Hall–Kier alpha value is -2.23. The Bertz CT molecular complexity index is 890. The molecule has 2 atom stereocenters. The highest BCUT2D eigenvalue weighted by Crippen LogP contribution is 2.37. The van der Waals surface area contributed by atoms with Crippen molar-refractivity contribution in [2.24, 2.45) is 0 Å². The number of pyridine rings is 1. The second-order valence-corrected chi connectivity index (χ2v) is 6.56. The third-order valence-corrected chi connectivity index (χ3v) is 4.71. The van der Waals surface area contributed by atoms with Gasteiger partial charge in [-0.2, -0.15) is 26.3 Å². The Kier molecular flexibility index (Phi) is 4.87. The number of halogens is 6. The highest BCUT2D eigenvalue weighted by Gasteiger charge is 2.41. The van der Waals surface area contributed by atoms with Crippen LogP contribution in [0.5, 0.6) is 0 Å². The summed E-state index contributed by atoms with van der Waals surface area (Å²) in [6.45, 7) is 0.367. The van der Waals surface area contributed by atoms with Gasteiger partial charge in [-0.05, 0) is 31.0 Å². The molecule has 4 nitrogen and oxygen atoms in total. The van der Waals surface area contributed by atoms with Crippen LogP contribution in [0.1, 0.15) is 24.8 Å². The summed E-state index contributed by atoms with van der Waals surface area (Å²) >= 11 is 0. The highest BCUT2D eigenvalue weighted by molar-refractivity contribution is 5.86. The summed E-state index contributed by atoms with van der Waals surface area (Å²) in [6, 6.07) is 3.79. The molecule has 1 fully saturated rings. The maximum absolute atomic E-state index is 13.3. The van der Waals surface area contributed by atoms with E-state index in [0.717, 1.165) is 0 Å². The van der Waals surface area contributed by atoms with Gasteiger partial charge in [0.05, 0.1) is 5.56 Å². The van der Waals surface area contributed by atoms with Crippen LogP contribution < -0.4 is 10.5 Å². The van der Waals surface area contributed by atoms with Crippen molar-refractivity contribution >= 4 is 16.6 Å². The molecular formula is C17H16F6N2O2. The molecule has 2 N–H and O–H groups in total. The number of hydrogen-bond acceptors (Lipinski definition) is 3. The van der Waals surface area contributed by atoms with Crippen molar-refractivity contribution < 1.29 is 31.4 Å².